The van der Waals surface area contributed by atoms with Gasteiger partial charge in [-0.1, -0.05) is 36.4 Å². The molecule has 0 amide bonds. The predicted molar refractivity (Wildman–Crippen MR) is 68.0 cm³/mol. The van der Waals surface area contributed by atoms with E-state index < -0.39 is 6.10 Å². The molecule has 0 aliphatic carbocycles. The van der Waals surface area contributed by atoms with Gasteiger partial charge in [0, 0.05) is 6.20 Å². The van der Waals surface area contributed by atoms with Gasteiger partial charge in [-0.25, -0.2) is 0 Å². The minimum Gasteiger partial charge on any atom is -0.427 e. The van der Waals surface area contributed by atoms with Gasteiger partial charge in [0.05, 0.1) is 6.04 Å². The number of hydrogen-bond donors (Lipinski definition) is 2. The molecule has 0 fully saturated rings. The first kappa shape index (κ1) is 12.4. The number of hydrogen-bond acceptors (Lipinski definition) is 3. The molecule has 1 heterocycles. The highest BCUT2D eigenvalue weighted by Crippen LogP contribution is 2.17. The smallest absolute Gasteiger partial charge is 0.163 e. The van der Waals surface area contributed by atoms with E-state index in [4.69, 9.17) is 0 Å². The molecule has 0 radical (unpaired) electrons. The lowest BCUT2D eigenvalue weighted by Gasteiger charge is -2.15. The molecule has 4 heteroatoms. The van der Waals surface area contributed by atoms with Crippen LogP contribution in [0.2, 0.25) is 0 Å². The fraction of sp³-hybridized carbons (Fsp3) is 0.214. The molecule has 18 heavy (non-hydrogen) atoms. The summed E-state index contributed by atoms with van der Waals surface area (Å²) in [7, 11) is 0. The Morgan fingerprint density at radius 3 is 2.39 bits per heavy atom. The number of aromatic nitrogens is 1. The summed E-state index contributed by atoms with van der Waals surface area (Å²) in [6, 6.07) is 14.2. The summed E-state index contributed by atoms with van der Waals surface area (Å²) in [6.45, 7) is 1.81. The van der Waals surface area contributed by atoms with Crippen molar-refractivity contribution in [1.82, 2.24) is 4.73 Å². The minimum absolute atomic E-state index is 0.340. The third-order valence-corrected chi connectivity index (χ3v) is 2.75. The first-order chi connectivity index (χ1) is 8.68. The predicted octanol–water partition coefficient (Wildman–Crippen LogP) is 1.75. The molecule has 2 aromatic rings. The lowest BCUT2D eigenvalue weighted by atomic mass is 10.0. The summed E-state index contributed by atoms with van der Waals surface area (Å²) in [5, 5.41) is 19.7. The Morgan fingerprint density at radius 1 is 1.06 bits per heavy atom. The van der Waals surface area contributed by atoms with Crippen molar-refractivity contribution >= 4 is 0 Å². The second-order valence-electron chi connectivity index (χ2n) is 4.13. The maximum absolute atomic E-state index is 10.2. The molecule has 94 valence electrons. The molecule has 0 spiro atoms. The van der Waals surface area contributed by atoms with Gasteiger partial charge >= 0.3 is 0 Å². The maximum Gasteiger partial charge on any atom is 0.163 e. The summed E-state index contributed by atoms with van der Waals surface area (Å²) >= 11 is 0. The average molecular weight is 244 g/mol. The van der Waals surface area contributed by atoms with Gasteiger partial charge in [0.1, 0.15) is 6.10 Å². The lowest BCUT2D eigenvalue weighted by Crippen LogP contribution is -2.23. The van der Waals surface area contributed by atoms with E-state index in [-0.39, 0.29) is 6.04 Å². The zero-order valence-corrected chi connectivity index (χ0v) is 10.1. The van der Waals surface area contributed by atoms with Crippen LogP contribution in [0.3, 0.4) is 0 Å². The van der Waals surface area contributed by atoms with Crippen LogP contribution in [0.15, 0.2) is 59.7 Å². The van der Waals surface area contributed by atoms with E-state index in [9.17, 15) is 10.3 Å². The number of aliphatic hydroxyl groups is 1. The summed E-state index contributed by atoms with van der Waals surface area (Å²) in [5.41, 5.74) is 1.23. The van der Waals surface area contributed by atoms with Crippen molar-refractivity contribution in [1.29, 1.82) is 0 Å². The highest BCUT2D eigenvalue weighted by molar-refractivity contribution is 5.18. The van der Waals surface area contributed by atoms with Crippen molar-refractivity contribution in [3.8, 4) is 0 Å². The van der Waals surface area contributed by atoms with E-state index in [1.807, 2.05) is 37.3 Å². The molecule has 0 aliphatic rings. The SMILES string of the molecule is C[C@@H](N=c1ccccn1O)[C@@H](O)c1ccccc1. The van der Waals surface area contributed by atoms with Gasteiger partial charge in [0.2, 0.25) is 0 Å². The molecule has 0 bridgehead atoms. The van der Waals surface area contributed by atoms with E-state index >= 15 is 0 Å². The van der Waals surface area contributed by atoms with Gasteiger partial charge in [-0.15, -0.1) is 0 Å². The normalized spacial score (nSPS) is 15.3. The third kappa shape index (κ3) is 2.78. The first-order valence-electron chi connectivity index (χ1n) is 5.82. The summed E-state index contributed by atoms with van der Waals surface area (Å²) < 4.78 is 0.939. The second kappa shape index (κ2) is 5.51. The Labute approximate surface area is 105 Å². The van der Waals surface area contributed by atoms with Crippen LogP contribution in [-0.4, -0.2) is 21.1 Å². The molecule has 1 aromatic carbocycles. The third-order valence-electron chi connectivity index (χ3n) is 2.75. The van der Waals surface area contributed by atoms with Crippen LogP contribution < -0.4 is 5.49 Å². The number of benzene rings is 1. The molecule has 1 aromatic heterocycles. The Kier molecular flexibility index (Phi) is 3.79. The van der Waals surface area contributed by atoms with E-state index in [1.165, 1.54) is 6.20 Å². The van der Waals surface area contributed by atoms with Gasteiger partial charge in [0.15, 0.2) is 5.49 Å². The summed E-state index contributed by atoms with van der Waals surface area (Å²) in [6.07, 6.45) is 0.812. The zero-order chi connectivity index (χ0) is 13.0. The number of aliphatic hydroxyl groups excluding tert-OH is 1. The fourth-order valence-electron chi connectivity index (χ4n) is 1.74. The van der Waals surface area contributed by atoms with E-state index in [0.29, 0.717) is 5.49 Å². The summed E-state index contributed by atoms with van der Waals surface area (Å²) in [4.78, 5) is 4.30. The monoisotopic (exact) mass is 244 g/mol. The molecular weight excluding hydrogens is 228 g/mol. The van der Waals surface area contributed by atoms with E-state index in [1.54, 1.807) is 18.2 Å². The van der Waals surface area contributed by atoms with Gasteiger partial charge in [0.25, 0.3) is 0 Å². The van der Waals surface area contributed by atoms with E-state index in [0.717, 1.165) is 10.3 Å². The lowest BCUT2D eigenvalue weighted by molar-refractivity contribution is 0.144. The van der Waals surface area contributed by atoms with Crippen molar-refractivity contribution in [2.75, 3.05) is 0 Å². The van der Waals surface area contributed by atoms with Gasteiger partial charge < -0.3 is 10.3 Å². The highest BCUT2D eigenvalue weighted by atomic mass is 16.5. The molecular formula is C14H16N2O2. The zero-order valence-electron chi connectivity index (χ0n) is 10.1. The number of nitrogens with zero attached hydrogens (tertiary/aromatic N) is 2. The quantitative estimate of drug-likeness (QED) is 0.808. The van der Waals surface area contributed by atoms with Crippen molar-refractivity contribution in [2.24, 2.45) is 4.99 Å². The van der Waals surface area contributed by atoms with Gasteiger partial charge in [-0.3, -0.25) is 4.99 Å². The standard InChI is InChI=1S/C14H16N2O2/c1-11(14(17)12-7-3-2-4-8-12)15-13-9-5-6-10-16(13)18/h2-11,14,17-18H,1H3/t11-,14-/m1/s1. The average Bonchev–Trinajstić information content (AvgIpc) is 2.41. The Bertz CT molecular complexity index is 563. The second-order valence-corrected chi connectivity index (χ2v) is 4.13. The topological polar surface area (TPSA) is 57.8 Å². The van der Waals surface area contributed by atoms with Gasteiger partial charge in [-0.2, -0.15) is 4.73 Å². The van der Waals surface area contributed by atoms with Crippen LogP contribution in [-0.2, 0) is 0 Å². The molecule has 2 atom stereocenters. The maximum atomic E-state index is 10.2. The van der Waals surface area contributed by atoms with Crippen LogP contribution in [0.25, 0.3) is 0 Å². The number of rotatable bonds is 3. The Hall–Kier alpha value is -2.07. The first-order valence-corrected chi connectivity index (χ1v) is 5.82. The van der Waals surface area contributed by atoms with Crippen LogP contribution in [0.4, 0.5) is 0 Å². The van der Waals surface area contributed by atoms with Crippen molar-refractivity contribution in [2.45, 2.75) is 19.1 Å². The molecule has 0 saturated carbocycles. The molecule has 0 unspecified atom stereocenters. The molecule has 0 aliphatic heterocycles. The van der Waals surface area contributed by atoms with Crippen LogP contribution >= 0.6 is 0 Å². The van der Waals surface area contributed by atoms with E-state index in [2.05, 4.69) is 4.99 Å². The molecule has 0 saturated heterocycles. The van der Waals surface area contributed by atoms with Crippen molar-refractivity contribution in [3.05, 3.63) is 65.8 Å². The van der Waals surface area contributed by atoms with Crippen LogP contribution in [0, 0.1) is 0 Å². The van der Waals surface area contributed by atoms with Gasteiger partial charge in [-0.05, 0) is 24.6 Å². The Balaban J connectivity index is 2.26. The largest absolute Gasteiger partial charge is 0.427 e. The van der Waals surface area contributed by atoms with Crippen LogP contribution in [0.5, 0.6) is 0 Å². The Morgan fingerprint density at radius 2 is 1.72 bits per heavy atom. The highest BCUT2D eigenvalue weighted by Gasteiger charge is 2.14. The molecule has 2 rings (SSSR count). The van der Waals surface area contributed by atoms with Crippen molar-refractivity contribution in [3.63, 3.8) is 0 Å². The van der Waals surface area contributed by atoms with Crippen molar-refractivity contribution < 1.29 is 10.3 Å². The van der Waals surface area contributed by atoms with Crippen LogP contribution in [0.1, 0.15) is 18.6 Å². The summed E-state index contributed by atoms with van der Waals surface area (Å²) in [5.74, 6) is 0. The molecule has 4 nitrogen and oxygen atoms in total. The fourth-order valence-corrected chi connectivity index (χ4v) is 1.74. The molecule has 2 N–H and O–H groups in total. The number of pyridine rings is 1. The minimum atomic E-state index is -0.689.